The summed E-state index contributed by atoms with van der Waals surface area (Å²) in [6.45, 7) is 8.42. The molecular formula is C16H24BrN. The van der Waals surface area contributed by atoms with Crippen LogP contribution >= 0.6 is 15.9 Å². The van der Waals surface area contributed by atoms with Crippen molar-refractivity contribution in [1.29, 1.82) is 0 Å². The molecule has 1 atom stereocenters. The third kappa shape index (κ3) is 4.10. The van der Waals surface area contributed by atoms with Crippen molar-refractivity contribution in [3.8, 4) is 0 Å². The number of rotatable bonds is 4. The fourth-order valence-corrected chi connectivity index (χ4v) is 3.15. The minimum absolute atomic E-state index is 0.725. The van der Waals surface area contributed by atoms with Crippen LogP contribution in [0, 0.1) is 5.92 Å². The van der Waals surface area contributed by atoms with Gasteiger partial charge in [0, 0.05) is 11.0 Å². The van der Waals surface area contributed by atoms with Gasteiger partial charge in [0.25, 0.3) is 0 Å². The van der Waals surface area contributed by atoms with Crippen LogP contribution in [0.15, 0.2) is 28.7 Å². The Morgan fingerprint density at radius 1 is 1.39 bits per heavy atom. The lowest BCUT2D eigenvalue weighted by molar-refractivity contribution is 0.198. The zero-order chi connectivity index (χ0) is 13.0. The van der Waals surface area contributed by atoms with Gasteiger partial charge in [-0.3, -0.25) is 0 Å². The molecule has 1 aliphatic heterocycles. The molecule has 1 saturated heterocycles. The first-order valence-corrected chi connectivity index (χ1v) is 7.92. The van der Waals surface area contributed by atoms with E-state index in [2.05, 4.69) is 58.9 Å². The molecule has 2 heteroatoms. The Hall–Kier alpha value is -0.340. The molecule has 1 nitrogen and oxygen atoms in total. The summed E-state index contributed by atoms with van der Waals surface area (Å²) in [5.74, 6) is 1.54. The maximum atomic E-state index is 3.58. The van der Waals surface area contributed by atoms with Gasteiger partial charge >= 0.3 is 0 Å². The van der Waals surface area contributed by atoms with Crippen molar-refractivity contribution in [2.24, 2.45) is 5.92 Å². The van der Waals surface area contributed by atoms with E-state index in [1.807, 2.05) is 0 Å². The van der Waals surface area contributed by atoms with Crippen molar-refractivity contribution in [3.63, 3.8) is 0 Å². The summed E-state index contributed by atoms with van der Waals surface area (Å²) in [5, 5.41) is 0. The summed E-state index contributed by atoms with van der Waals surface area (Å²) in [6, 6.07) is 8.84. The summed E-state index contributed by atoms with van der Waals surface area (Å²) in [4.78, 5) is 2.65. The Morgan fingerprint density at radius 2 is 2.22 bits per heavy atom. The Balaban J connectivity index is 1.94. The monoisotopic (exact) mass is 309 g/mol. The van der Waals surface area contributed by atoms with Gasteiger partial charge in [0.05, 0.1) is 0 Å². The van der Waals surface area contributed by atoms with Crippen LogP contribution in [0.3, 0.4) is 0 Å². The van der Waals surface area contributed by atoms with Crippen LogP contribution in [0.1, 0.15) is 44.6 Å². The first kappa shape index (κ1) is 14.1. The predicted octanol–water partition coefficient (Wildman–Crippen LogP) is 4.67. The van der Waals surface area contributed by atoms with Crippen LogP contribution in [0.5, 0.6) is 0 Å². The largest absolute Gasteiger partial charge is 0.303 e. The number of piperidine rings is 1. The average Bonchev–Trinajstić information content (AvgIpc) is 2.37. The predicted molar refractivity (Wildman–Crippen MR) is 82.0 cm³/mol. The van der Waals surface area contributed by atoms with Crippen molar-refractivity contribution in [3.05, 3.63) is 34.3 Å². The maximum absolute atomic E-state index is 3.58. The second-order valence-corrected chi connectivity index (χ2v) is 6.79. The lowest BCUT2D eigenvalue weighted by Crippen LogP contribution is -2.35. The number of halogens is 1. The summed E-state index contributed by atoms with van der Waals surface area (Å²) >= 11 is 3.58. The minimum atomic E-state index is 0.725. The van der Waals surface area contributed by atoms with Crippen LogP contribution in [-0.4, -0.2) is 24.5 Å². The van der Waals surface area contributed by atoms with E-state index in [9.17, 15) is 0 Å². The number of likely N-dealkylation sites (tertiary alicyclic amines) is 1. The molecule has 0 aliphatic carbocycles. The first-order chi connectivity index (χ1) is 8.65. The van der Waals surface area contributed by atoms with Gasteiger partial charge in [-0.1, -0.05) is 41.9 Å². The maximum Gasteiger partial charge on any atom is 0.0178 e. The Labute approximate surface area is 120 Å². The topological polar surface area (TPSA) is 3.24 Å². The number of nitrogens with zero attached hydrogens (tertiary/aromatic N) is 1. The second kappa shape index (κ2) is 6.72. The molecule has 0 bridgehead atoms. The summed E-state index contributed by atoms with van der Waals surface area (Å²) in [6.07, 6.45) is 4.01. The molecule has 0 saturated carbocycles. The number of hydrogen-bond donors (Lipinski definition) is 0. The number of benzene rings is 1. The molecule has 0 amide bonds. The Morgan fingerprint density at radius 3 is 2.94 bits per heavy atom. The third-order valence-corrected chi connectivity index (χ3v) is 4.34. The van der Waals surface area contributed by atoms with Gasteiger partial charge in [0.2, 0.25) is 0 Å². The van der Waals surface area contributed by atoms with Gasteiger partial charge in [0.1, 0.15) is 0 Å². The van der Waals surface area contributed by atoms with E-state index in [0.717, 1.165) is 11.8 Å². The second-order valence-electron chi connectivity index (χ2n) is 5.88. The van der Waals surface area contributed by atoms with Gasteiger partial charge < -0.3 is 4.90 Å². The molecule has 1 unspecified atom stereocenters. The molecule has 0 spiro atoms. The lowest BCUT2D eigenvalue weighted by Gasteiger charge is -2.33. The lowest BCUT2D eigenvalue weighted by atomic mass is 9.90. The van der Waals surface area contributed by atoms with Gasteiger partial charge in [-0.05, 0) is 61.9 Å². The highest BCUT2D eigenvalue weighted by Crippen LogP contribution is 2.28. The molecule has 1 aromatic rings. The van der Waals surface area contributed by atoms with E-state index in [0.29, 0.717) is 0 Å². The van der Waals surface area contributed by atoms with Crippen molar-refractivity contribution in [2.45, 2.75) is 39.0 Å². The fourth-order valence-electron chi connectivity index (χ4n) is 2.73. The highest BCUT2D eigenvalue weighted by molar-refractivity contribution is 9.10. The smallest absolute Gasteiger partial charge is 0.0178 e. The van der Waals surface area contributed by atoms with Crippen LogP contribution in [0.25, 0.3) is 0 Å². The molecule has 0 N–H and O–H groups in total. The molecular weight excluding hydrogens is 286 g/mol. The summed E-state index contributed by atoms with van der Waals surface area (Å²) in [5.41, 5.74) is 1.50. The van der Waals surface area contributed by atoms with Gasteiger partial charge in [-0.25, -0.2) is 0 Å². The highest BCUT2D eigenvalue weighted by atomic mass is 79.9. The van der Waals surface area contributed by atoms with E-state index in [1.165, 1.54) is 48.9 Å². The number of hydrogen-bond acceptors (Lipinski definition) is 1. The van der Waals surface area contributed by atoms with E-state index >= 15 is 0 Å². The fraction of sp³-hybridized carbons (Fsp3) is 0.625. The summed E-state index contributed by atoms with van der Waals surface area (Å²) < 4.78 is 1.21. The van der Waals surface area contributed by atoms with E-state index in [1.54, 1.807) is 0 Å². The molecule has 1 fully saturated rings. The van der Waals surface area contributed by atoms with Crippen molar-refractivity contribution >= 4 is 15.9 Å². The molecule has 0 aromatic heterocycles. The molecule has 100 valence electrons. The van der Waals surface area contributed by atoms with Crippen molar-refractivity contribution in [1.82, 2.24) is 4.90 Å². The molecule has 18 heavy (non-hydrogen) atoms. The molecule has 1 aliphatic rings. The van der Waals surface area contributed by atoms with Crippen LogP contribution in [-0.2, 0) is 0 Å². The van der Waals surface area contributed by atoms with Crippen molar-refractivity contribution < 1.29 is 0 Å². The molecule has 2 rings (SSSR count). The first-order valence-electron chi connectivity index (χ1n) is 7.13. The SMILES string of the molecule is CC(C)CCN1CCCC(c2cccc(Br)c2)C1. The molecule has 1 heterocycles. The van der Waals surface area contributed by atoms with E-state index < -0.39 is 0 Å². The average molecular weight is 310 g/mol. The quantitative estimate of drug-likeness (QED) is 0.781. The standard InChI is InChI=1S/C16H24BrN/c1-13(2)8-10-18-9-4-6-15(12-18)14-5-3-7-16(17)11-14/h3,5,7,11,13,15H,4,6,8-10,12H2,1-2H3. The molecule has 0 radical (unpaired) electrons. The Bertz CT molecular complexity index is 375. The third-order valence-electron chi connectivity index (χ3n) is 3.85. The van der Waals surface area contributed by atoms with E-state index in [-0.39, 0.29) is 0 Å². The normalized spacial score (nSPS) is 21.4. The zero-order valence-electron chi connectivity index (χ0n) is 11.5. The van der Waals surface area contributed by atoms with E-state index in [4.69, 9.17) is 0 Å². The minimum Gasteiger partial charge on any atom is -0.303 e. The Kier molecular flexibility index (Phi) is 5.25. The van der Waals surface area contributed by atoms with Gasteiger partial charge in [-0.15, -0.1) is 0 Å². The zero-order valence-corrected chi connectivity index (χ0v) is 13.1. The molecule has 1 aromatic carbocycles. The van der Waals surface area contributed by atoms with Crippen LogP contribution in [0.4, 0.5) is 0 Å². The van der Waals surface area contributed by atoms with Crippen molar-refractivity contribution in [2.75, 3.05) is 19.6 Å². The van der Waals surface area contributed by atoms with Gasteiger partial charge in [0.15, 0.2) is 0 Å². The summed E-state index contributed by atoms with van der Waals surface area (Å²) in [7, 11) is 0. The van der Waals surface area contributed by atoms with Crippen LogP contribution in [0.2, 0.25) is 0 Å². The van der Waals surface area contributed by atoms with Crippen LogP contribution < -0.4 is 0 Å². The highest BCUT2D eigenvalue weighted by Gasteiger charge is 2.21. The van der Waals surface area contributed by atoms with Gasteiger partial charge in [-0.2, -0.15) is 0 Å².